The molecule has 0 bridgehead atoms. The van der Waals surface area contributed by atoms with E-state index in [1.54, 1.807) is 12.1 Å². The minimum absolute atomic E-state index is 0.331. The highest BCUT2D eigenvalue weighted by molar-refractivity contribution is 5.96. The molecule has 0 saturated carbocycles. The lowest BCUT2D eigenvalue weighted by molar-refractivity contribution is -0.124. The maximum atomic E-state index is 11.7. The van der Waals surface area contributed by atoms with E-state index in [1.165, 1.54) is 7.11 Å². The number of amides is 2. The van der Waals surface area contributed by atoms with E-state index in [0.29, 0.717) is 11.3 Å². The fourth-order valence-electron chi connectivity index (χ4n) is 1.23. The fourth-order valence-corrected chi connectivity index (χ4v) is 1.23. The van der Waals surface area contributed by atoms with Gasteiger partial charge in [-0.05, 0) is 19.1 Å². The van der Waals surface area contributed by atoms with Crippen molar-refractivity contribution in [2.24, 2.45) is 5.73 Å². The predicted octanol–water partition coefficient (Wildman–Crippen LogP) is 0.150. The first kappa shape index (κ1) is 13.0. The van der Waals surface area contributed by atoms with E-state index in [1.807, 2.05) is 13.0 Å². The van der Waals surface area contributed by atoms with Gasteiger partial charge in [0.1, 0.15) is 5.75 Å². The first-order chi connectivity index (χ1) is 8.04. The molecule has 2 amide bonds. The molecule has 0 radical (unpaired) electrons. The molecule has 0 fully saturated rings. The van der Waals surface area contributed by atoms with Crippen molar-refractivity contribution < 1.29 is 19.2 Å². The van der Waals surface area contributed by atoms with Gasteiger partial charge in [-0.1, -0.05) is 11.6 Å². The van der Waals surface area contributed by atoms with Crippen LogP contribution in [0.25, 0.3) is 0 Å². The molecule has 0 aliphatic rings. The van der Waals surface area contributed by atoms with E-state index in [2.05, 4.69) is 10.3 Å². The predicted molar refractivity (Wildman–Crippen MR) is 60.3 cm³/mol. The lowest BCUT2D eigenvalue weighted by Gasteiger charge is -2.09. The van der Waals surface area contributed by atoms with Gasteiger partial charge in [-0.25, -0.2) is 5.48 Å². The van der Waals surface area contributed by atoms with Crippen LogP contribution >= 0.6 is 0 Å². The van der Waals surface area contributed by atoms with Gasteiger partial charge in [-0.15, -0.1) is 0 Å². The summed E-state index contributed by atoms with van der Waals surface area (Å²) in [6.07, 6.45) is 0. The Morgan fingerprint density at radius 3 is 2.71 bits per heavy atom. The Morgan fingerprint density at radius 2 is 2.12 bits per heavy atom. The molecule has 0 saturated heterocycles. The lowest BCUT2D eigenvalue weighted by Crippen LogP contribution is -2.29. The monoisotopic (exact) mass is 238 g/mol. The van der Waals surface area contributed by atoms with Crippen LogP contribution in [0.5, 0.6) is 5.75 Å². The minimum Gasteiger partial charge on any atom is -0.496 e. The van der Waals surface area contributed by atoms with Crippen molar-refractivity contribution in [1.82, 2.24) is 5.48 Å². The number of aryl methyl sites for hydroxylation is 1. The highest BCUT2D eigenvalue weighted by Crippen LogP contribution is 2.19. The molecule has 3 N–H and O–H groups in total. The zero-order valence-corrected chi connectivity index (χ0v) is 9.65. The van der Waals surface area contributed by atoms with Gasteiger partial charge in [0.2, 0.25) is 5.91 Å². The third-order valence-corrected chi connectivity index (χ3v) is 1.98. The second-order valence-electron chi connectivity index (χ2n) is 3.39. The number of hydroxylamine groups is 1. The summed E-state index contributed by atoms with van der Waals surface area (Å²) in [5.41, 5.74) is 8.21. The smallest absolute Gasteiger partial charge is 0.278 e. The van der Waals surface area contributed by atoms with E-state index >= 15 is 0 Å². The van der Waals surface area contributed by atoms with Crippen LogP contribution < -0.4 is 16.0 Å². The van der Waals surface area contributed by atoms with Gasteiger partial charge >= 0.3 is 0 Å². The first-order valence-electron chi connectivity index (χ1n) is 4.89. The van der Waals surface area contributed by atoms with Gasteiger partial charge in [0.05, 0.1) is 12.7 Å². The third kappa shape index (κ3) is 3.76. The van der Waals surface area contributed by atoms with E-state index in [9.17, 15) is 9.59 Å². The summed E-state index contributed by atoms with van der Waals surface area (Å²) in [7, 11) is 1.46. The van der Waals surface area contributed by atoms with Crippen molar-refractivity contribution in [2.75, 3.05) is 13.7 Å². The minimum atomic E-state index is -0.665. The van der Waals surface area contributed by atoms with Crippen LogP contribution in [0.2, 0.25) is 0 Å². The first-order valence-corrected chi connectivity index (χ1v) is 4.89. The maximum absolute atomic E-state index is 11.7. The highest BCUT2D eigenvalue weighted by atomic mass is 16.7. The van der Waals surface area contributed by atoms with Crippen molar-refractivity contribution in [3.63, 3.8) is 0 Å². The van der Waals surface area contributed by atoms with E-state index < -0.39 is 11.8 Å². The second kappa shape index (κ2) is 5.86. The van der Waals surface area contributed by atoms with Crippen molar-refractivity contribution in [3.05, 3.63) is 29.3 Å². The van der Waals surface area contributed by atoms with Crippen LogP contribution in [0.3, 0.4) is 0 Å². The number of nitrogens with one attached hydrogen (secondary N) is 1. The Morgan fingerprint density at radius 1 is 1.41 bits per heavy atom. The summed E-state index contributed by atoms with van der Waals surface area (Å²) >= 11 is 0. The van der Waals surface area contributed by atoms with Gasteiger partial charge in [0.15, 0.2) is 6.61 Å². The van der Waals surface area contributed by atoms with Gasteiger partial charge in [-0.2, -0.15) is 0 Å². The maximum Gasteiger partial charge on any atom is 0.278 e. The van der Waals surface area contributed by atoms with E-state index in [-0.39, 0.29) is 6.61 Å². The molecule has 0 atom stereocenters. The largest absolute Gasteiger partial charge is 0.496 e. The molecule has 0 aromatic heterocycles. The quantitative estimate of drug-likeness (QED) is 0.714. The molecule has 92 valence electrons. The van der Waals surface area contributed by atoms with Crippen molar-refractivity contribution in [1.29, 1.82) is 0 Å². The van der Waals surface area contributed by atoms with Crippen molar-refractivity contribution in [2.45, 2.75) is 6.92 Å². The average molecular weight is 238 g/mol. The molecule has 1 rings (SSSR count). The van der Waals surface area contributed by atoms with Crippen LogP contribution in [0.1, 0.15) is 15.9 Å². The third-order valence-electron chi connectivity index (χ3n) is 1.98. The van der Waals surface area contributed by atoms with Crippen LogP contribution in [-0.2, 0) is 9.63 Å². The SMILES string of the molecule is COc1ccc(C)cc1C(=O)NOCC(N)=O. The molecule has 0 unspecified atom stereocenters. The standard InChI is InChI=1S/C11H14N2O4/c1-7-3-4-9(16-2)8(5-7)11(15)13-17-6-10(12)14/h3-5H,6H2,1-2H3,(H2,12,14)(H,13,15). The average Bonchev–Trinajstić information content (AvgIpc) is 2.28. The lowest BCUT2D eigenvalue weighted by atomic mass is 10.1. The zero-order valence-electron chi connectivity index (χ0n) is 9.65. The molecule has 0 heterocycles. The topological polar surface area (TPSA) is 90.7 Å². The van der Waals surface area contributed by atoms with Gasteiger partial charge in [0.25, 0.3) is 5.91 Å². The van der Waals surface area contributed by atoms with Gasteiger partial charge in [0, 0.05) is 0 Å². The van der Waals surface area contributed by atoms with Crippen LogP contribution in [0, 0.1) is 6.92 Å². The van der Waals surface area contributed by atoms with Gasteiger partial charge < -0.3 is 10.5 Å². The molecule has 6 heteroatoms. The number of ether oxygens (including phenoxy) is 1. The normalized spacial score (nSPS) is 9.76. The van der Waals surface area contributed by atoms with Crippen LogP contribution in [-0.4, -0.2) is 25.5 Å². The van der Waals surface area contributed by atoms with Crippen LogP contribution in [0.15, 0.2) is 18.2 Å². The summed E-state index contributed by atoms with van der Waals surface area (Å²) in [4.78, 5) is 26.7. The Labute approximate surface area is 98.7 Å². The number of hydrogen-bond acceptors (Lipinski definition) is 4. The molecule has 17 heavy (non-hydrogen) atoms. The summed E-state index contributed by atoms with van der Waals surface area (Å²) in [6, 6.07) is 5.15. The number of carbonyl (C=O) groups excluding carboxylic acids is 2. The van der Waals surface area contributed by atoms with Crippen LogP contribution in [0.4, 0.5) is 0 Å². The highest BCUT2D eigenvalue weighted by Gasteiger charge is 2.12. The Bertz CT molecular complexity index is 431. The van der Waals surface area contributed by atoms with E-state index in [4.69, 9.17) is 10.5 Å². The molecular formula is C11H14N2O4. The zero-order chi connectivity index (χ0) is 12.8. The Kier molecular flexibility index (Phi) is 4.47. The number of carbonyl (C=O) groups is 2. The number of rotatable bonds is 5. The molecule has 0 aliphatic carbocycles. The summed E-state index contributed by atoms with van der Waals surface area (Å²) in [5, 5.41) is 0. The molecule has 0 aliphatic heterocycles. The summed E-state index contributed by atoms with van der Waals surface area (Å²) in [5.74, 6) is -0.732. The molecule has 1 aromatic carbocycles. The molecule has 1 aromatic rings. The molecule has 6 nitrogen and oxygen atoms in total. The van der Waals surface area contributed by atoms with Crippen molar-refractivity contribution in [3.8, 4) is 5.75 Å². The van der Waals surface area contributed by atoms with E-state index in [0.717, 1.165) is 5.56 Å². The second-order valence-corrected chi connectivity index (χ2v) is 3.39. The summed E-state index contributed by atoms with van der Waals surface area (Å²) in [6.45, 7) is 1.47. The summed E-state index contributed by atoms with van der Waals surface area (Å²) < 4.78 is 5.04. The fraction of sp³-hybridized carbons (Fsp3) is 0.273. The Balaban J connectivity index is 2.73. The van der Waals surface area contributed by atoms with Crippen molar-refractivity contribution >= 4 is 11.8 Å². The molecular weight excluding hydrogens is 224 g/mol. The number of nitrogens with two attached hydrogens (primary N) is 1. The number of primary amides is 1. The number of benzene rings is 1. The number of methoxy groups -OCH3 is 1. The Hall–Kier alpha value is -2.08. The van der Waals surface area contributed by atoms with Gasteiger partial charge in [-0.3, -0.25) is 14.4 Å². The molecule has 0 spiro atoms. The number of hydrogen-bond donors (Lipinski definition) is 2.